The number of thiophene rings is 1. The van der Waals surface area contributed by atoms with Gasteiger partial charge in [0.05, 0.1) is 11.2 Å². The normalized spacial score (nSPS) is 14.4. The van der Waals surface area contributed by atoms with Gasteiger partial charge in [-0.25, -0.2) is 8.42 Å². The number of halogens is 1. The Labute approximate surface area is 131 Å². The van der Waals surface area contributed by atoms with E-state index in [0.29, 0.717) is 9.79 Å². The van der Waals surface area contributed by atoms with Crippen molar-refractivity contribution in [1.29, 1.82) is 0 Å². The summed E-state index contributed by atoms with van der Waals surface area (Å²) in [6.45, 7) is 1.89. The highest BCUT2D eigenvalue weighted by Gasteiger charge is 2.39. The van der Waals surface area contributed by atoms with E-state index < -0.39 is 17.1 Å². The minimum Gasteiger partial charge on any atom is -0.427 e. The Morgan fingerprint density at radius 1 is 1.38 bits per heavy atom. The molecule has 0 atom stereocenters. The number of aryl methyl sites for hydroxylation is 1. The number of rotatable bonds is 2. The van der Waals surface area contributed by atoms with Gasteiger partial charge in [-0.15, -0.1) is 11.3 Å². The van der Waals surface area contributed by atoms with Crippen LogP contribution in [0.1, 0.15) is 9.75 Å². The number of hydrogen-bond acceptors (Lipinski definition) is 5. The first-order valence-electron chi connectivity index (χ1n) is 6.02. The maximum atomic E-state index is 12.6. The van der Waals surface area contributed by atoms with E-state index >= 15 is 0 Å². The summed E-state index contributed by atoms with van der Waals surface area (Å²) in [7, 11) is -5.37. The molecule has 1 aliphatic heterocycles. The molecule has 21 heavy (non-hydrogen) atoms. The predicted octanol–water partition coefficient (Wildman–Crippen LogP) is 1.44. The van der Waals surface area contributed by atoms with Gasteiger partial charge in [0.15, 0.2) is 0 Å². The zero-order valence-corrected chi connectivity index (χ0v) is 13.3. The van der Waals surface area contributed by atoms with Crippen molar-refractivity contribution in [3.05, 3.63) is 45.1 Å². The van der Waals surface area contributed by atoms with Gasteiger partial charge >= 0.3 is 7.05 Å². The van der Waals surface area contributed by atoms with Crippen LogP contribution in [0.15, 0.2) is 40.3 Å². The number of hydrogen-bond donors (Lipinski definition) is 1. The van der Waals surface area contributed by atoms with Gasteiger partial charge in [0.25, 0.3) is 10.0 Å². The van der Waals surface area contributed by atoms with Crippen LogP contribution in [0.5, 0.6) is 0 Å². The molecule has 0 saturated carbocycles. The number of nitrogens with zero attached hydrogens (tertiary/aromatic N) is 2. The van der Waals surface area contributed by atoms with Gasteiger partial charge in [0.1, 0.15) is 4.90 Å². The molecular weight excluding hydrogens is 331 g/mol. The topological polar surface area (TPSA) is 70.0 Å². The zero-order valence-electron chi connectivity index (χ0n) is 10.9. The van der Waals surface area contributed by atoms with Gasteiger partial charge in [-0.2, -0.15) is 9.43 Å². The summed E-state index contributed by atoms with van der Waals surface area (Å²) in [5.74, 6) is 0. The highest BCUT2D eigenvalue weighted by Crippen LogP contribution is 2.27. The van der Waals surface area contributed by atoms with Crippen molar-refractivity contribution in [3.8, 4) is 0 Å². The van der Waals surface area contributed by atoms with Gasteiger partial charge < -0.3 is 5.02 Å². The predicted molar refractivity (Wildman–Crippen MR) is 84.7 cm³/mol. The molecule has 1 aliphatic rings. The van der Waals surface area contributed by atoms with Crippen molar-refractivity contribution in [3.63, 3.8) is 0 Å². The van der Waals surface area contributed by atoms with Crippen LogP contribution >= 0.6 is 22.9 Å². The summed E-state index contributed by atoms with van der Waals surface area (Å²) in [5, 5.41) is 14.3. The van der Waals surface area contributed by atoms with E-state index in [0.717, 1.165) is 9.75 Å². The second-order valence-electron chi connectivity index (χ2n) is 4.50. The van der Waals surface area contributed by atoms with Crippen LogP contribution in [0.2, 0.25) is 5.02 Å². The summed E-state index contributed by atoms with van der Waals surface area (Å²) < 4.78 is 25.9. The van der Waals surface area contributed by atoms with Crippen LogP contribution in [-0.2, 0) is 10.0 Å². The van der Waals surface area contributed by atoms with Crippen LogP contribution in [0, 0.1) is 6.92 Å². The average Bonchev–Trinajstić information content (AvgIpc) is 2.80. The van der Waals surface area contributed by atoms with Crippen molar-refractivity contribution in [2.45, 2.75) is 11.8 Å². The van der Waals surface area contributed by atoms with Crippen molar-refractivity contribution in [1.82, 2.24) is 4.33 Å². The molecule has 2 heterocycles. The molecule has 0 unspecified atom stereocenters. The Balaban J connectivity index is 2.08. The van der Waals surface area contributed by atoms with E-state index in [-0.39, 0.29) is 9.92 Å². The fourth-order valence-corrected chi connectivity index (χ4v) is 4.75. The number of fused-ring (bicyclic) bond motifs is 1. The molecule has 1 aromatic heterocycles. The lowest BCUT2D eigenvalue weighted by Gasteiger charge is -2.24. The summed E-state index contributed by atoms with van der Waals surface area (Å²) in [5.41, 5.74) is 0.531. The Morgan fingerprint density at radius 2 is 2.10 bits per heavy atom. The molecule has 2 aromatic rings. The van der Waals surface area contributed by atoms with Crippen LogP contribution in [0.25, 0.3) is 0 Å². The van der Waals surface area contributed by atoms with Crippen molar-refractivity contribution < 1.29 is 13.4 Å². The molecule has 1 aromatic carbocycles. The monoisotopic (exact) mass is 340 g/mol. The SMILES string of the molecule is Cc1cc2c(s1)C=NN(S(=O)(=O)c1ccccc1Cl)B2O. The van der Waals surface area contributed by atoms with Crippen LogP contribution < -0.4 is 5.46 Å². The summed E-state index contributed by atoms with van der Waals surface area (Å²) in [6, 6.07) is 7.82. The minimum atomic E-state index is -4.02. The van der Waals surface area contributed by atoms with E-state index in [1.54, 1.807) is 18.2 Å². The van der Waals surface area contributed by atoms with Crippen LogP contribution in [-0.4, -0.2) is 31.0 Å². The van der Waals surface area contributed by atoms with Gasteiger partial charge in [-0.3, -0.25) is 0 Å². The molecule has 5 nitrogen and oxygen atoms in total. The molecule has 108 valence electrons. The molecule has 0 amide bonds. The molecule has 0 bridgehead atoms. The third-order valence-corrected chi connectivity index (χ3v) is 6.19. The summed E-state index contributed by atoms with van der Waals surface area (Å²) >= 11 is 7.39. The Hall–Kier alpha value is -1.35. The van der Waals surface area contributed by atoms with Crippen molar-refractivity contribution in [2.75, 3.05) is 0 Å². The van der Waals surface area contributed by atoms with Crippen LogP contribution in [0.4, 0.5) is 0 Å². The number of hydrazone groups is 1. The Morgan fingerprint density at radius 3 is 2.81 bits per heavy atom. The average molecular weight is 341 g/mol. The number of sulfonamides is 1. The molecule has 0 fully saturated rings. The van der Waals surface area contributed by atoms with E-state index in [1.165, 1.54) is 29.7 Å². The van der Waals surface area contributed by atoms with Gasteiger partial charge in [0.2, 0.25) is 0 Å². The lowest BCUT2D eigenvalue weighted by molar-refractivity contribution is 0.476. The molecule has 3 rings (SSSR count). The minimum absolute atomic E-state index is 0.0849. The Bertz CT molecular complexity index is 835. The molecule has 0 spiro atoms. The fourth-order valence-electron chi connectivity index (χ4n) is 2.09. The third kappa shape index (κ3) is 2.38. The second-order valence-corrected chi connectivity index (χ2v) is 7.96. The first-order valence-corrected chi connectivity index (χ1v) is 8.66. The molecular formula is C12H10BClN2O3S2. The van der Waals surface area contributed by atoms with Gasteiger partial charge in [0, 0.05) is 9.75 Å². The molecule has 9 heteroatoms. The maximum absolute atomic E-state index is 12.6. The van der Waals surface area contributed by atoms with Crippen molar-refractivity contribution in [2.24, 2.45) is 5.10 Å². The summed E-state index contributed by atoms with van der Waals surface area (Å²) in [4.78, 5) is 1.64. The van der Waals surface area contributed by atoms with Crippen molar-refractivity contribution >= 4 is 51.7 Å². The lowest BCUT2D eigenvalue weighted by Crippen LogP contribution is -2.51. The lowest BCUT2D eigenvalue weighted by atomic mass is 9.74. The Kier molecular flexibility index (Phi) is 3.57. The van der Waals surface area contributed by atoms with E-state index in [9.17, 15) is 13.4 Å². The van der Waals surface area contributed by atoms with E-state index in [4.69, 9.17) is 11.6 Å². The molecule has 0 radical (unpaired) electrons. The quantitative estimate of drug-likeness (QED) is 0.841. The third-order valence-electron chi connectivity index (χ3n) is 3.05. The van der Waals surface area contributed by atoms with Crippen LogP contribution in [0.3, 0.4) is 0 Å². The maximum Gasteiger partial charge on any atom is 0.485 e. The van der Waals surface area contributed by atoms with E-state index in [1.807, 2.05) is 6.92 Å². The highest BCUT2D eigenvalue weighted by atomic mass is 35.5. The van der Waals surface area contributed by atoms with Gasteiger partial charge in [-0.05, 0) is 30.6 Å². The zero-order chi connectivity index (χ0) is 15.2. The van der Waals surface area contributed by atoms with E-state index in [2.05, 4.69) is 5.10 Å². The number of benzene rings is 1. The largest absolute Gasteiger partial charge is 0.485 e. The second kappa shape index (κ2) is 5.13. The highest BCUT2D eigenvalue weighted by molar-refractivity contribution is 7.90. The molecule has 1 N–H and O–H groups in total. The summed E-state index contributed by atoms with van der Waals surface area (Å²) in [6.07, 6.45) is 1.44. The first kappa shape index (κ1) is 14.6. The fraction of sp³-hybridized carbons (Fsp3) is 0.0833. The first-order chi connectivity index (χ1) is 9.91. The smallest absolute Gasteiger partial charge is 0.427 e. The standard InChI is InChI=1S/C12H10BClN2O3S2/c1-8-6-9-11(20-8)7-15-16(13(9)17)21(18,19)12-5-3-2-4-10(12)14/h2-7,17H,1H3. The molecule has 0 saturated heterocycles. The van der Waals surface area contributed by atoms with Gasteiger partial charge in [-0.1, -0.05) is 23.7 Å². The molecule has 0 aliphatic carbocycles.